The molecule has 0 radical (unpaired) electrons. The highest BCUT2D eigenvalue weighted by molar-refractivity contribution is 5.91. The number of carbonyl (C=O) groups excluding carboxylic acids is 1. The van der Waals surface area contributed by atoms with Crippen molar-refractivity contribution >= 4 is 17.7 Å². The number of non-ortho nitro benzene ring substituents is 1. The van der Waals surface area contributed by atoms with Crippen LogP contribution in [0.1, 0.15) is 18.1 Å². The van der Waals surface area contributed by atoms with Crippen molar-refractivity contribution in [1.29, 1.82) is 0 Å². The average molecular weight is 310 g/mol. The van der Waals surface area contributed by atoms with Gasteiger partial charge >= 0.3 is 0 Å². The smallest absolute Gasteiger partial charge is 0.269 e. The summed E-state index contributed by atoms with van der Waals surface area (Å²) in [5, 5.41) is 13.5. The van der Waals surface area contributed by atoms with Gasteiger partial charge in [0.05, 0.1) is 4.92 Å². The van der Waals surface area contributed by atoms with E-state index < -0.39 is 4.92 Å². The zero-order chi connectivity index (χ0) is 16.7. The van der Waals surface area contributed by atoms with Gasteiger partial charge in [-0.15, -0.1) is 0 Å². The minimum atomic E-state index is -0.453. The highest BCUT2D eigenvalue weighted by Gasteiger charge is 2.06. The van der Waals surface area contributed by atoms with Crippen molar-refractivity contribution in [3.63, 3.8) is 0 Å². The van der Waals surface area contributed by atoms with Gasteiger partial charge in [-0.3, -0.25) is 14.9 Å². The summed E-state index contributed by atoms with van der Waals surface area (Å²) in [6, 6.07) is 16.0. The van der Waals surface area contributed by atoms with Crippen LogP contribution in [-0.2, 0) is 11.2 Å². The van der Waals surface area contributed by atoms with E-state index in [4.69, 9.17) is 0 Å². The first-order valence-electron chi connectivity index (χ1n) is 7.31. The monoisotopic (exact) mass is 310 g/mol. The number of hydrogen-bond acceptors (Lipinski definition) is 3. The fourth-order valence-electron chi connectivity index (χ4n) is 2.19. The Hall–Kier alpha value is -2.95. The van der Waals surface area contributed by atoms with E-state index in [9.17, 15) is 14.9 Å². The lowest BCUT2D eigenvalue weighted by atomic mass is 10.1. The first-order valence-corrected chi connectivity index (χ1v) is 7.31. The first-order chi connectivity index (χ1) is 11.0. The Morgan fingerprint density at radius 2 is 1.83 bits per heavy atom. The van der Waals surface area contributed by atoms with Crippen LogP contribution in [0.2, 0.25) is 0 Å². The van der Waals surface area contributed by atoms with Crippen LogP contribution < -0.4 is 5.32 Å². The Bertz CT molecular complexity index is 694. The normalized spacial score (nSPS) is 12.0. The lowest BCUT2D eigenvalue weighted by Crippen LogP contribution is -2.32. The molecule has 0 unspecified atom stereocenters. The molecule has 0 aliphatic carbocycles. The van der Waals surface area contributed by atoms with Gasteiger partial charge in [0.2, 0.25) is 5.91 Å². The Labute approximate surface area is 134 Å². The first kappa shape index (κ1) is 16.4. The molecule has 0 bridgehead atoms. The van der Waals surface area contributed by atoms with E-state index in [1.165, 1.54) is 23.8 Å². The molecule has 1 amide bonds. The van der Waals surface area contributed by atoms with Crippen molar-refractivity contribution in [2.24, 2.45) is 0 Å². The minimum Gasteiger partial charge on any atom is -0.350 e. The molecule has 0 spiro atoms. The number of hydrogen-bond donors (Lipinski definition) is 1. The number of amides is 1. The van der Waals surface area contributed by atoms with Crippen LogP contribution in [0.3, 0.4) is 0 Å². The van der Waals surface area contributed by atoms with Crippen molar-refractivity contribution in [3.8, 4) is 0 Å². The molecule has 1 atom stereocenters. The molecule has 0 fully saturated rings. The third-order valence-corrected chi connectivity index (χ3v) is 3.30. The zero-order valence-corrected chi connectivity index (χ0v) is 12.8. The summed E-state index contributed by atoms with van der Waals surface area (Å²) in [5.41, 5.74) is 1.93. The van der Waals surface area contributed by atoms with Crippen molar-refractivity contribution in [3.05, 3.63) is 81.9 Å². The predicted octanol–water partition coefficient (Wildman–Crippen LogP) is 3.36. The molecule has 0 aliphatic heterocycles. The molecule has 0 heterocycles. The third-order valence-electron chi connectivity index (χ3n) is 3.30. The van der Waals surface area contributed by atoms with Crippen molar-refractivity contribution in [2.75, 3.05) is 0 Å². The van der Waals surface area contributed by atoms with Gasteiger partial charge in [-0.05, 0) is 42.7 Å². The maximum Gasteiger partial charge on any atom is 0.269 e. The van der Waals surface area contributed by atoms with Crippen LogP contribution in [0.5, 0.6) is 0 Å². The molecule has 1 N–H and O–H groups in total. The van der Waals surface area contributed by atoms with Crippen LogP contribution in [0.25, 0.3) is 6.08 Å². The topological polar surface area (TPSA) is 72.2 Å². The van der Waals surface area contributed by atoms with Gasteiger partial charge in [0.1, 0.15) is 0 Å². The standard InChI is InChI=1S/C18H18N2O3/c1-14(13-16-5-3-2-4-6-16)19-18(21)12-9-15-7-10-17(11-8-15)20(22)23/h2-12,14H,13H2,1H3,(H,19,21)/b12-9+/t14-/m0/s1. The Balaban J connectivity index is 1.87. The fraction of sp³-hybridized carbons (Fsp3) is 0.167. The van der Waals surface area contributed by atoms with Gasteiger partial charge in [-0.1, -0.05) is 30.3 Å². The number of nitro benzene ring substituents is 1. The largest absolute Gasteiger partial charge is 0.350 e. The van der Waals surface area contributed by atoms with Gasteiger partial charge in [0, 0.05) is 24.3 Å². The summed E-state index contributed by atoms with van der Waals surface area (Å²) in [5.74, 6) is -0.188. The maximum absolute atomic E-state index is 11.9. The quantitative estimate of drug-likeness (QED) is 0.505. The van der Waals surface area contributed by atoms with Gasteiger partial charge in [0.15, 0.2) is 0 Å². The molecular formula is C18H18N2O3. The second-order valence-corrected chi connectivity index (χ2v) is 5.28. The second kappa shape index (κ2) is 7.89. The van der Waals surface area contributed by atoms with E-state index in [0.29, 0.717) is 0 Å². The molecular weight excluding hydrogens is 292 g/mol. The molecule has 2 rings (SSSR count). The molecule has 5 nitrogen and oxygen atoms in total. The molecule has 0 aliphatic rings. The Morgan fingerprint density at radius 3 is 2.43 bits per heavy atom. The Morgan fingerprint density at radius 1 is 1.17 bits per heavy atom. The molecule has 118 valence electrons. The van der Waals surface area contributed by atoms with Gasteiger partial charge in [-0.25, -0.2) is 0 Å². The SMILES string of the molecule is C[C@@H](Cc1ccccc1)NC(=O)/C=C/c1ccc([N+](=O)[O-])cc1. The van der Waals surface area contributed by atoms with E-state index in [-0.39, 0.29) is 17.6 Å². The summed E-state index contributed by atoms with van der Waals surface area (Å²) in [4.78, 5) is 22.0. The van der Waals surface area contributed by atoms with E-state index in [1.54, 1.807) is 18.2 Å². The Kier molecular flexibility index (Phi) is 5.63. The summed E-state index contributed by atoms with van der Waals surface area (Å²) in [7, 11) is 0. The van der Waals surface area contributed by atoms with Crippen LogP contribution in [0, 0.1) is 10.1 Å². The molecule has 0 aromatic heterocycles. The van der Waals surface area contributed by atoms with E-state index in [0.717, 1.165) is 12.0 Å². The summed E-state index contributed by atoms with van der Waals surface area (Å²) in [6.45, 7) is 1.95. The summed E-state index contributed by atoms with van der Waals surface area (Å²) < 4.78 is 0. The number of carbonyl (C=O) groups is 1. The predicted molar refractivity (Wildman–Crippen MR) is 89.9 cm³/mol. The maximum atomic E-state index is 11.9. The zero-order valence-electron chi connectivity index (χ0n) is 12.8. The van der Waals surface area contributed by atoms with Gasteiger partial charge < -0.3 is 5.32 Å². The summed E-state index contributed by atoms with van der Waals surface area (Å²) in [6.07, 6.45) is 3.83. The van der Waals surface area contributed by atoms with Crippen LogP contribution in [-0.4, -0.2) is 16.9 Å². The van der Waals surface area contributed by atoms with Crippen LogP contribution >= 0.6 is 0 Å². The van der Waals surface area contributed by atoms with Crippen molar-refractivity contribution in [1.82, 2.24) is 5.32 Å². The highest BCUT2D eigenvalue weighted by Crippen LogP contribution is 2.12. The molecule has 2 aromatic carbocycles. The number of rotatable bonds is 6. The molecule has 23 heavy (non-hydrogen) atoms. The number of nitrogens with zero attached hydrogens (tertiary/aromatic N) is 1. The fourth-order valence-corrected chi connectivity index (χ4v) is 2.19. The molecule has 0 saturated carbocycles. The van der Waals surface area contributed by atoms with Gasteiger partial charge in [0.25, 0.3) is 5.69 Å². The number of nitro groups is 1. The molecule has 2 aromatic rings. The number of benzene rings is 2. The van der Waals surface area contributed by atoms with Gasteiger partial charge in [-0.2, -0.15) is 0 Å². The average Bonchev–Trinajstić information content (AvgIpc) is 2.54. The van der Waals surface area contributed by atoms with Crippen molar-refractivity contribution in [2.45, 2.75) is 19.4 Å². The van der Waals surface area contributed by atoms with E-state index in [2.05, 4.69) is 5.32 Å². The van der Waals surface area contributed by atoms with Crippen molar-refractivity contribution < 1.29 is 9.72 Å². The second-order valence-electron chi connectivity index (χ2n) is 5.28. The summed E-state index contributed by atoms with van der Waals surface area (Å²) >= 11 is 0. The van der Waals surface area contributed by atoms with E-state index in [1.807, 2.05) is 37.3 Å². The molecule has 5 heteroatoms. The van der Waals surface area contributed by atoms with Crippen LogP contribution in [0.15, 0.2) is 60.7 Å². The van der Waals surface area contributed by atoms with Crippen LogP contribution in [0.4, 0.5) is 5.69 Å². The minimum absolute atomic E-state index is 0.0198. The third kappa shape index (κ3) is 5.39. The lowest BCUT2D eigenvalue weighted by molar-refractivity contribution is -0.384. The molecule has 0 saturated heterocycles. The number of nitrogens with one attached hydrogen (secondary N) is 1. The van der Waals surface area contributed by atoms with E-state index >= 15 is 0 Å². The lowest BCUT2D eigenvalue weighted by Gasteiger charge is -2.12. The highest BCUT2D eigenvalue weighted by atomic mass is 16.6.